The highest BCUT2D eigenvalue weighted by molar-refractivity contribution is 6.33. The second-order valence-corrected chi connectivity index (χ2v) is 9.75. The van der Waals surface area contributed by atoms with E-state index >= 15 is 0 Å². The predicted molar refractivity (Wildman–Crippen MR) is 143 cm³/mol. The third kappa shape index (κ3) is 4.87. The van der Waals surface area contributed by atoms with Crippen molar-refractivity contribution < 1.29 is 9.50 Å². The van der Waals surface area contributed by atoms with Crippen LogP contribution >= 0.6 is 11.6 Å². The van der Waals surface area contributed by atoms with E-state index in [0.717, 1.165) is 53.6 Å². The number of rotatable bonds is 5. The summed E-state index contributed by atoms with van der Waals surface area (Å²) in [5.74, 6) is -0.0497. The van der Waals surface area contributed by atoms with Gasteiger partial charge in [0, 0.05) is 29.9 Å². The second kappa shape index (κ2) is 9.79. The molecule has 2 heterocycles. The number of amidine groups is 1. The SMILES string of the molecule is Cc1cc(O)ccc1-c1cc2c(N[C@H]3CC[C@H](N)CC3)c(/C(N)=N/c3cc(F)ccc3Cl)cnn2c1. The fourth-order valence-corrected chi connectivity index (χ4v) is 4.91. The van der Waals surface area contributed by atoms with Crippen LogP contribution in [0.1, 0.15) is 36.8 Å². The zero-order valence-corrected chi connectivity index (χ0v) is 20.6. The van der Waals surface area contributed by atoms with Crippen molar-refractivity contribution in [3.8, 4) is 16.9 Å². The number of hydrogen-bond donors (Lipinski definition) is 4. The fraction of sp³-hybridized carbons (Fsp3) is 0.259. The molecule has 0 radical (unpaired) electrons. The lowest BCUT2D eigenvalue weighted by Gasteiger charge is -2.28. The first kappa shape index (κ1) is 24.1. The first-order valence-electron chi connectivity index (χ1n) is 11.9. The van der Waals surface area contributed by atoms with Gasteiger partial charge in [0.05, 0.1) is 33.7 Å². The molecule has 1 aliphatic rings. The molecule has 186 valence electrons. The van der Waals surface area contributed by atoms with E-state index in [2.05, 4.69) is 15.4 Å². The highest BCUT2D eigenvalue weighted by Gasteiger charge is 2.22. The number of aryl methyl sites for hydroxylation is 1. The van der Waals surface area contributed by atoms with Crippen molar-refractivity contribution in [1.82, 2.24) is 9.61 Å². The van der Waals surface area contributed by atoms with E-state index in [1.54, 1.807) is 22.8 Å². The molecule has 1 aliphatic carbocycles. The van der Waals surface area contributed by atoms with Gasteiger partial charge in [-0.15, -0.1) is 0 Å². The molecule has 2 aromatic heterocycles. The third-order valence-corrected chi connectivity index (χ3v) is 7.02. The standard InChI is InChI=1S/C27H28ClFN6O/c1-15-10-20(36)7-8-21(15)16-11-25-26(33-19-5-3-18(30)4-6-19)22(13-32-35(25)14-16)27(31)34-24-12-17(29)2-9-23(24)28/h2,7-14,18-19,33,36H,3-6,30H2,1H3,(H2,31,34)/t18-,19-. The Morgan fingerprint density at radius 1 is 1.17 bits per heavy atom. The molecule has 0 atom stereocenters. The zero-order chi connectivity index (χ0) is 25.4. The van der Waals surface area contributed by atoms with Gasteiger partial charge in [-0.2, -0.15) is 5.10 Å². The molecule has 7 nitrogen and oxygen atoms in total. The number of halogens is 2. The van der Waals surface area contributed by atoms with Crippen LogP contribution in [0.15, 0.2) is 59.9 Å². The summed E-state index contributed by atoms with van der Waals surface area (Å²) >= 11 is 6.23. The van der Waals surface area contributed by atoms with Crippen molar-refractivity contribution >= 4 is 34.3 Å². The van der Waals surface area contributed by atoms with E-state index in [0.29, 0.717) is 10.6 Å². The maximum absolute atomic E-state index is 13.8. The summed E-state index contributed by atoms with van der Waals surface area (Å²) in [6, 6.07) is 11.7. The van der Waals surface area contributed by atoms with E-state index < -0.39 is 5.82 Å². The molecule has 0 unspecified atom stereocenters. The lowest BCUT2D eigenvalue weighted by molar-refractivity contribution is 0.411. The van der Waals surface area contributed by atoms with Crippen molar-refractivity contribution in [1.29, 1.82) is 0 Å². The van der Waals surface area contributed by atoms with Gasteiger partial charge in [0.1, 0.15) is 17.4 Å². The van der Waals surface area contributed by atoms with Gasteiger partial charge in [0.2, 0.25) is 0 Å². The highest BCUT2D eigenvalue weighted by atomic mass is 35.5. The topological polar surface area (TPSA) is 114 Å². The maximum atomic E-state index is 13.8. The number of nitrogens with one attached hydrogen (secondary N) is 1. The minimum Gasteiger partial charge on any atom is -0.508 e. The predicted octanol–water partition coefficient (Wildman–Crippen LogP) is 5.53. The molecule has 9 heteroatoms. The lowest BCUT2D eigenvalue weighted by Crippen LogP contribution is -2.33. The Labute approximate surface area is 213 Å². The molecule has 6 N–H and O–H groups in total. The summed E-state index contributed by atoms with van der Waals surface area (Å²) in [4.78, 5) is 4.44. The van der Waals surface area contributed by atoms with Gasteiger partial charge in [0.25, 0.3) is 0 Å². The van der Waals surface area contributed by atoms with Gasteiger partial charge in [-0.05, 0) is 74.1 Å². The lowest BCUT2D eigenvalue weighted by atomic mass is 9.91. The molecule has 5 rings (SSSR count). The van der Waals surface area contributed by atoms with Crippen molar-refractivity contribution in [2.24, 2.45) is 16.5 Å². The Balaban J connectivity index is 1.62. The number of fused-ring (bicyclic) bond motifs is 1. The summed E-state index contributed by atoms with van der Waals surface area (Å²) in [6.07, 6.45) is 7.35. The third-order valence-electron chi connectivity index (χ3n) is 6.70. The van der Waals surface area contributed by atoms with Crippen molar-refractivity contribution in [3.63, 3.8) is 0 Å². The van der Waals surface area contributed by atoms with Gasteiger partial charge in [-0.1, -0.05) is 17.7 Å². The first-order chi connectivity index (χ1) is 17.3. The molecule has 4 aromatic rings. The summed E-state index contributed by atoms with van der Waals surface area (Å²) in [7, 11) is 0. The molecule has 36 heavy (non-hydrogen) atoms. The summed E-state index contributed by atoms with van der Waals surface area (Å²) in [6.45, 7) is 1.95. The minimum absolute atomic E-state index is 0.177. The Morgan fingerprint density at radius 3 is 2.69 bits per heavy atom. The number of benzene rings is 2. The zero-order valence-electron chi connectivity index (χ0n) is 19.9. The number of aliphatic imine (C=N–C) groups is 1. The molecule has 0 aliphatic heterocycles. The number of phenols is 1. The largest absolute Gasteiger partial charge is 0.508 e. The molecule has 1 fully saturated rings. The Kier molecular flexibility index (Phi) is 6.55. The normalized spacial score (nSPS) is 18.5. The monoisotopic (exact) mass is 506 g/mol. The van der Waals surface area contributed by atoms with Gasteiger partial charge >= 0.3 is 0 Å². The van der Waals surface area contributed by atoms with E-state index in [9.17, 15) is 9.50 Å². The van der Waals surface area contributed by atoms with Gasteiger partial charge in [-0.3, -0.25) is 0 Å². The van der Waals surface area contributed by atoms with Crippen LogP contribution in [0.25, 0.3) is 16.6 Å². The number of aromatic hydroxyl groups is 1. The summed E-state index contributed by atoms with van der Waals surface area (Å²) < 4.78 is 15.6. The molecule has 1 saturated carbocycles. The smallest absolute Gasteiger partial charge is 0.135 e. The van der Waals surface area contributed by atoms with Crippen LogP contribution in [-0.2, 0) is 0 Å². The highest BCUT2D eigenvalue weighted by Crippen LogP contribution is 2.34. The van der Waals surface area contributed by atoms with Gasteiger partial charge < -0.3 is 21.9 Å². The Hall–Kier alpha value is -3.62. The number of aromatic nitrogens is 2. The van der Waals surface area contributed by atoms with E-state index in [4.69, 9.17) is 23.1 Å². The summed E-state index contributed by atoms with van der Waals surface area (Å²) in [5, 5.41) is 18.4. The first-order valence-corrected chi connectivity index (χ1v) is 12.3. The van der Waals surface area contributed by atoms with Crippen LogP contribution < -0.4 is 16.8 Å². The number of anilines is 1. The van der Waals surface area contributed by atoms with Crippen LogP contribution in [0.5, 0.6) is 5.75 Å². The van der Waals surface area contributed by atoms with Crippen LogP contribution in [0.2, 0.25) is 5.02 Å². The molecule has 0 saturated heterocycles. The average Bonchev–Trinajstić information content (AvgIpc) is 3.27. The van der Waals surface area contributed by atoms with Gasteiger partial charge in [-0.25, -0.2) is 13.9 Å². The Morgan fingerprint density at radius 2 is 1.94 bits per heavy atom. The maximum Gasteiger partial charge on any atom is 0.135 e. The van der Waals surface area contributed by atoms with Crippen LogP contribution in [0.3, 0.4) is 0 Å². The molecule has 0 spiro atoms. The Bertz CT molecular complexity index is 1460. The van der Waals surface area contributed by atoms with Crippen molar-refractivity contribution in [2.45, 2.75) is 44.7 Å². The van der Waals surface area contributed by atoms with E-state index in [1.165, 1.54) is 18.2 Å². The molecule has 0 bridgehead atoms. The van der Waals surface area contributed by atoms with Gasteiger partial charge in [0.15, 0.2) is 0 Å². The summed E-state index contributed by atoms with van der Waals surface area (Å²) in [5.41, 5.74) is 17.9. The fourth-order valence-electron chi connectivity index (χ4n) is 4.75. The number of phenolic OH excluding ortho intramolecular Hbond substituents is 1. The quantitative estimate of drug-likeness (QED) is 0.210. The minimum atomic E-state index is -0.447. The molecule has 0 amide bonds. The van der Waals surface area contributed by atoms with Crippen LogP contribution in [0, 0.1) is 12.7 Å². The van der Waals surface area contributed by atoms with E-state index in [1.807, 2.05) is 25.3 Å². The number of hydrogen-bond acceptors (Lipinski definition) is 5. The van der Waals surface area contributed by atoms with E-state index in [-0.39, 0.29) is 29.4 Å². The molecular formula is C27H28ClFN6O. The van der Waals surface area contributed by atoms with Crippen LogP contribution in [0.4, 0.5) is 15.8 Å². The average molecular weight is 507 g/mol. The van der Waals surface area contributed by atoms with Crippen LogP contribution in [-0.4, -0.2) is 32.6 Å². The van der Waals surface area contributed by atoms with Crippen molar-refractivity contribution in [2.75, 3.05) is 5.32 Å². The number of nitrogens with zero attached hydrogens (tertiary/aromatic N) is 3. The second-order valence-electron chi connectivity index (χ2n) is 9.34. The number of nitrogens with two attached hydrogens (primary N) is 2. The van der Waals surface area contributed by atoms with Crippen molar-refractivity contribution in [3.05, 3.63) is 76.8 Å². The molecule has 2 aromatic carbocycles. The molecular weight excluding hydrogens is 479 g/mol.